The zero-order chi connectivity index (χ0) is 12.0. The third-order valence-electron chi connectivity index (χ3n) is 4.25. The van der Waals surface area contributed by atoms with Crippen LogP contribution in [-0.4, -0.2) is 18.2 Å². The molecule has 96 valence electrons. The van der Waals surface area contributed by atoms with E-state index in [-0.39, 0.29) is 11.6 Å². The Balaban J connectivity index is 2.75. The van der Waals surface area contributed by atoms with Crippen molar-refractivity contribution in [2.75, 3.05) is 6.61 Å². The smallest absolute Gasteiger partial charge is 0.0835 e. The zero-order valence-corrected chi connectivity index (χ0v) is 11.3. The molecular formula is C14H29NO. The van der Waals surface area contributed by atoms with E-state index in [4.69, 9.17) is 10.5 Å². The first-order chi connectivity index (χ1) is 7.66. The van der Waals surface area contributed by atoms with Crippen LogP contribution in [-0.2, 0) is 4.74 Å². The molecule has 1 fully saturated rings. The lowest BCUT2D eigenvalue weighted by Gasteiger charge is -2.41. The summed E-state index contributed by atoms with van der Waals surface area (Å²) in [6.07, 6.45) is 8.73. The monoisotopic (exact) mass is 227 g/mol. The summed E-state index contributed by atoms with van der Waals surface area (Å²) in [6.45, 7) is 7.37. The van der Waals surface area contributed by atoms with Gasteiger partial charge < -0.3 is 10.5 Å². The summed E-state index contributed by atoms with van der Waals surface area (Å²) in [4.78, 5) is 0. The molecule has 16 heavy (non-hydrogen) atoms. The van der Waals surface area contributed by atoms with Gasteiger partial charge in [0.15, 0.2) is 0 Å². The average Bonchev–Trinajstić information content (AvgIpc) is 2.54. The molecule has 0 aromatic rings. The Labute approximate surface area is 101 Å². The molecule has 2 nitrogen and oxygen atoms in total. The van der Waals surface area contributed by atoms with Crippen LogP contribution < -0.4 is 5.73 Å². The summed E-state index contributed by atoms with van der Waals surface area (Å²) in [5.41, 5.74) is 6.44. The molecule has 0 amide bonds. The lowest BCUT2D eigenvalue weighted by molar-refractivity contribution is -0.0793. The molecule has 0 radical (unpaired) electrons. The Hall–Kier alpha value is -0.0800. The first kappa shape index (κ1) is 14.0. The van der Waals surface area contributed by atoms with E-state index in [0.717, 1.165) is 25.9 Å². The van der Waals surface area contributed by atoms with Crippen molar-refractivity contribution in [1.82, 2.24) is 0 Å². The van der Waals surface area contributed by atoms with Crippen LogP contribution in [0.5, 0.6) is 0 Å². The molecule has 0 spiro atoms. The van der Waals surface area contributed by atoms with Gasteiger partial charge in [0.05, 0.1) is 5.60 Å². The minimum absolute atomic E-state index is 0.0271. The second-order valence-electron chi connectivity index (χ2n) is 5.32. The number of hydrogen-bond acceptors (Lipinski definition) is 2. The van der Waals surface area contributed by atoms with Crippen LogP contribution in [0, 0.1) is 5.92 Å². The van der Waals surface area contributed by atoms with Crippen LogP contribution in [0.25, 0.3) is 0 Å². The van der Waals surface area contributed by atoms with E-state index in [1.54, 1.807) is 0 Å². The van der Waals surface area contributed by atoms with Gasteiger partial charge in [0.1, 0.15) is 0 Å². The van der Waals surface area contributed by atoms with Crippen LogP contribution in [0.15, 0.2) is 0 Å². The Morgan fingerprint density at radius 3 is 2.12 bits per heavy atom. The van der Waals surface area contributed by atoms with Crippen LogP contribution in [0.2, 0.25) is 0 Å². The van der Waals surface area contributed by atoms with E-state index in [1.165, 1.54) is 25.7 Å². The fourth-order valence-electron chi connectivity index (χ4n) is 2.96. The lowest BCUT2D eigenvalue weighted by atomic mass is 9.79. The fourth-order valence-corrected chi connectivity index (χ4v) is 2.96. The molecule has 1 saturated carbocycles. The number of nitrogens with two attached hydrogens (primary N) is 1. The van der Waals surface area contributed by atoms with E-state index >= 15 is 0 Å². The molecule has 2 N–H and O–H groups in total. The van der Waals surface area contributed by atoms with Gasteiger partial charge >= 0.3 is 0 Å². The van der Waals surface area contributed by atoms with Crippen molar-refractivity contribution < 1.29 is 4.74 Å². The summed E-state index contributed by atoms with van der Waals surface area (Å²) in [7, 11) is 0. The van der Waals surface area contributed by atoms with Crippen molar-refractivity contribution in [3.8, 4) is 0 Å². The lowest BCUT2D eigenvalue weighted by Crippen LogP contribution is -2.53. The van der Waals surface area contributed by atoms with Gasteiger partial charge in [0.25, 0.3) is 0 Å². The Morgan fingerprint density at radius 1 is 1.12 bits per heavy atom. The average molecular weight is 227 g/mol. The highest BCUT2D eigenvalue weighted by molar-refractivity contribution is 4.95. The van der Waals surface area contributed by atoms with Crippen molar-refractivity contribution in [2.45, 2.75) is 77.4 Å². The van der Waals surface area contributed by atoms with Crippen molar-refractivity contribution in [3.05, 3.63) is 0 Å². The summed E-state index contributed by atoms with van der Waals surface area (Å²) in [6, 6.07) is 0.204. The molecule has 2 heteroatoms. The topological polar surface area (TPSA) is 35.2 Å². The van der Waals surface area contributed by atoms with Crippen molar-refractivity contribution in [1.29, 1.82) is 0 Å². The third-order valence-corrected chi connectivity index (χ3v) is 4.25. The molecule has 1 aliphatic carbocycles. The van der Waals surface area contributed by atoms with Gasteiger partial charge in [0.2, 0.25) is 0 Å². The number of hydrogen-bond donors (Lipinski definition) is 1. The highest BCUT2D eigenvalue weighted by Crippen LogP contribution is 2.35. The normalized spacial score (nSPS) is 24.8. The molecule has 0 aromatic heterocycles. The Kier molecular flexibility index (Phi) is 5.77. The van der Waals surface area contributed by atoms with Crippen LogP contribution in [0.3, 0.4) is 0 Å². The molecule has 1 rings (SSSR count). The van der Waals surface area contributed by atoms with Gasteiger partial charge in [0, 0.05) is 12.6 Å². The minimum atomic E-state index is -0.0271. The molecule has 0 bridgehead atoms. The third kappa shape index (κ3) is 3.21. The van der Waals surface area contributed by atoms with Crippen LogP contribution >= 0.6 is 0 Å². The molecule has 0 aromatic carbocycles. The van der Waals surface area contributed by atoms with Gasteiger partial charge in [-0.05, 0) is 25.7 Å². The Bertz CT molecular complexity index is 185. The van der Waals surface area contributed by atoms with Gasteiger partial charge in [-0.2, -0.15) is 0 Å². The van der Waals surface area contributed by atoms with Gasteiger partial charge in [-0.1, -0.05) is 46.0 Å². The van der Waals surface area contributed by atoms with Crippen molar-refractivity contribution >= 4 is 0 Å². The molecule has 1 aliphatic rings. The molecule has 0 saturated heterocycles. The molecule has 2 unspecified atom stereocenters. The highest BCUT2D eigenvalue weighted by Gasteiger charge is 2.39. The largest absolute Gasteiger partial charge is 0.374 e. The number of ether oxygens (including phenoxy) is 1. The highest BCUT2D eigenvalue weighted by atomic mass is 16.5. The van der Waals surface area contributed by atoms with Gasteiger partial charge in [-0.25, -0.2) is 0 Å². The maximum atomic E-state index is 6.47. The molecule has 0 aliphatic heterocycles. The summed E-state index contributed by atoms with van der Waals surface area (Å²) in [5.74, 6) is 0.560. The summed E-state index contributed by atoms with van der Waals surface area (Å²) < 4.78 is 6.11. The predicted molar refractivity (Wildman–Crippen MR) is 69.5 cm³/mol. The predicted octanol–water partition coefficient (Wildman–Crippen LogP) is 3.49. The molecular weight excluding hydrogens is 198 g/mol. The second-order valence-corrected chi connectivity index (χ2v) is 5.32. The van der Waals surface area contributed by atoms with E-state index < -0.39 is 0 Å². The number of rotatable bonds is 5. The molecule has 2 atom stereocenters. The standard InChI is InChI=1S/C14H29NO/c1-4-12(3)13(15)14(16-5-2)10-8-6-7-9-11-14/h12-13H,4-11,15H2,1-3H3. The first-order valence-electron chi connectivity index (χ1n) is 7.06. The maximum absolute atomic E-state index is 6.47. The van der Waals surface area contributed by atoms with Crippen LogP contribution in [0.4, 0.5) is 0 Å². The van der Waals surface area contributed by atoms with E-state index in [1.807, 2.05) is 0 Å². The fraction of sp³-hybridized carbons (Fsp3) is 1.00. The van der Waals surface area contributed by atoms with Crippen molar-refractivity contribution in [2.24, 2.45) is 11.7 Å². The summed E-state index contributed by atoms with van der Waals surface area (Å²) in [5, 5.41) is 0. The van der Waals surface area contributed by atoms with Gasteiger partial charge in [-0.3, -0.25) is 0 Å². The first-order valence-corrected chi connectivity index (χ1v) is 7.06. The Morgan fingerprint density at radius 2 is 1.69 bits per heavy atom. The quantitative estimate of drug-likeness (QED) is 0.730. The maximum Gasteiger partial charge on any atom is 0.0835 e. The second kappa shape index (κ2) is 6.61. The van der Waals surface area contributed by atoms with Crippen molar-refractivity contribution in [3.63, 3.8) is 0 Å². The van der Waals surface area contributed by atoms with E-state index in [9.17, 15) is 0 Å². The van der Waals surface area contributed by atoms with Gasteiger partial charge in [-0.15, -0.1) is 0 Å². The zero-order valence-electron chi connectivity index (χ0n) is 11.3. The van der Waals surface area contributed by atoms with E-state index in [2.05, 4.69) is 20.8 Å². The summed E-state index contributed by atoms with van der Waals surface area (Å²) >= 11 is 0. The van der Waals surface area contributed by atoms with E-state index in [0.29, 0.717) is 5.92 Å². The minimum Gasteiger partial charge on any atom is -0.374 e. The molecule has 0 heterocycles. The van der Waals surface area contributed by atoms with Crippen LogP contribution in [0.1, 0.15) is 65.7 Å². The SMILES string of the molecule is CCOC1(C(N)C(C)CC)CCCCCC1.